The Morgan fingerprint density at radius 1 is 1.44 bits per heavy atom. The lowest BCUT2D eigenvalue weighted by atomic mass is 9.78. The summed E-state index contributed by atoms with van der Waals surface area (Å²) in [4.78, 5) is 0. The van der Waals surface area contributed by atoms with Gasteiger partial charge in [0, 0.05) is 5.56 Å². The normalized spacial score (nSPS) is 23.9. The van der Waals surface area contributed by atoms with Crippen LogP contribution < -0.4 is 4.74 Å². The smallest absolute Gasteiger partial charge is 0.123 e. The van der Waals surface area contributed by atoms with Gasteiger partial charge in [-0.3, -0.25) is 0 Å². The minimum Gasteiger partial charge on any atom is -0.496 e. The lowest BCUT2D eigenvalue weighted by molar-refractivity contribution is 0.249. The molecular weight excluding hydrogens is 251 g/mol. The molecule has 1 aliphatic carbocycles. The molecule has 1 aromatic rings. The molecule has 1 saturated carbocycles. The highest BCUT2D eigenvalue weighted by atomic mass is 35.5. The molecule has 100 valence electrons. The van der Waals surface area contributed by atoms with Gasteiger partial charge in [-0.05, 0) is 42.4 Å². The van der Waals surface area contributed by atoms with E-state index in [0.29, 0.717) is 11.7 Å². The summed E-state index contributed by atoms with van der Waals surface area (Å²) in [5.41, 5.74) is 0.989. The van der Waals surface area contributed by atoms with E-state index in [1.807, 2.05) is 0 Å². The summed E-state index contributed by atoms with van der Waals surface area (Å²) in [7, 11) is 1.60. The van der Waals surface area contributed by atoms with Crippen molar-refractivity contribution in [2.45, 2.75) is 38.5 Å². The zero-order chi connectivity index (χ0) is 13.3. The van der Waals surface area contributed by atoms with Crippen LogP contribution in [-0.4, -0.2) is 7.11 Å². The second-order valence-corrected chi connectivity index (χ2v) is 6.25. The Kier molecular flexibility index (Phi) is 3.86. The van der Waals surface area contributed by atoms with Crippen molar-refractivity contribution < 1.29 is 9.13 Å². The van der Waals surface area contributed by atoms with Crippen LogP contribution in [0.2, 0.25) is 0 Å². The van der Waals surface area contributed by atoms with Gasteiger partial charge in [0.25, 0.3) is 0 Å². The Labute approximate surface area is 113 Å². The molecule has 1 aliphatic rings. The van der Waals surface area contributed by atoms with Gasteiger partial charge in [-0.25, -0.2) is 4.39 Å². The second-order valence-electron chi connectivity index (χ2n) is 5.78. The Bertz CT molecular complexity index is 431. The number of ether oxygens (including phenoxy) is 1. The summed E-state index contributed by atoms with van der Waals surface area (Å²) in [6.07, 6.45) is 3.47. The molecule has 18 heavy (non-hydrogen) atoms. The van der Waals surface area contributed by atoms with Crippen molar-refractivity contribution in [1.82, 2.24) is 0 Å². The highest BCUT2D eigenvalue weighted by molar-refractivity contribution is 6.21. The van der Waals surface area contributed by atoms with Crippen LogP contribution in [0.5, 0.6) is 5.75 Å². The van der Waals surface area contributed by atoms with E-state index in [1.165, 1.54) is 25.0 Å². The predicted octanol–water partition coefficient (Wildman–Crippen LogP) is 4.94. The van der Waals surface area contributed by atoms with E-state index in [-0.39, 0.29) is 16.6 Å². The molecule has 2 rings (SSSR count). The van der Waals surface area contributed by atoms with E-state index < -0.39 is 0 Å². The first-order valence-corrected chi connectivity index (χ1v) is 6.87. The van der Waals surface area contributed by atoms with Gasteiger partial charge in [0.1, 0.15) is 11.6 Å². The van der Waals surface area contributed by atoms with Crippen LogP contribution in [0, 0.1) is 17.2 Å². The molecule has 1 nitrogen and oxygen atoms in total. The zero-order valence-corrected chi connectivity index (χ0v) is 11.9. The van der Waals surface area contributed by atoms with Gasteiger partial charge in [0.2, 0.25) is 0 Å². The maximum Gasteiger partial charge on any atom is 0.123 e. The van der Waals surface area contributed by atoms with Crippen LogP contribution in [0.4, 0.5) is 4.39 Å². The number of rotatable bonds is 3. The van der Waals surface area contributed by atoms with Crippen molar-refractivity contribution in [3.05, 3.63) is 29.6 Å². The second kappa shape index (κ2) is 5.08. The summed E-state index contributed by atoms with van der Waals surface area (Å²) in [5.74, 6) is 0.793. The van der Waals surface area contributed by atoms with Gasteiger partial charge < -0.3 is 4.74 Å². The largest absolute Gasteiger partial charge is 0.496 e. The summed E-state index contributed by atoms with van der Waals surface area (Å²) in [6.45, 7) is 4.48. The van der Waals surface area contributed by atoms with Crippen molar-refractivity contribution in [3.63, 3.8) is 0 Å². The van der Waals surface area contributed by atoms with Gasteiger partial charge in [0.15, 0.2) is 0 Å². The van der Waals surface area contributed by atoms with Crippen LogP contribution in [0.3, 0.4) is 0 Å². The Morgan fingerprint density at radius 3 is 2.72 bits per heavy atom. The number of hydrogen-bond donors (Lipinski definition) is 0. The number of alkyl halides is 1. The van der Waals surface area contributed by atoms with Gasteiger partial charge in [-0.1, -0.05) is 20.3 Å². The predicted molar refractivity (Wildman–Crippen MR) is 72.7 cm³/mol. The quantitative estimate of drug-likeness (QED) is 0.707. The third-order valence-corrected chi connectivity index (χ3v) is 4.72. The molecule has 0 aromatic heterocycles. The lowest BCUT2D eigenvalue weighted by Gasteiger charge is -2.31. The lowest BCUT2D eigenvalue weighted by Crippen LogP contribution is -2.22. The summed E-state index contributed by atoms with van der Waals surface area (Å²) >= 11 is 6.61. The monoisotopic (exact) mass is 270 g/mol. The van der Waals surface area contributed by atoms with E-state index in [4.69, 9.17) is 16.3 Å². The van der Waals surface area contributed by atoms with Crippen molar-refractivity contribution in [3.8, 4) is 5.75 Å². The summed E-state index contributed by atoms with van der Waals surface area (Å²) in [6, 6.07) is 4.57. The minimum atomic E-state index is -0.257. The zero-order valence-electron chi connectivity index (χ0n) is 11.2. The fraction of sp³-hybridized carbons (Fsp3) is 0.600. The van der Waals surface area contributed by atoms with E-state index in [2.05, 4.69) is 13.8 Å². The SMILES string of the molecule is COc1ccc(F)cc1C(Cl)C1CCCC1(C)C. The molecule has 0 amide bonds. The standard InChI is InChI=1S/C15H20ClFO/c1-15(2)8-4-5-12(15)14(16)11-9-10(17)6-7-13(11)18-3/h6-7,9,12,14H,4-5,8H2,1-3H3. The third kappa shape index (κ3) is 2.49. The molecule has 0 heterocycles. The summed E-state index contributed by atoms with van der Waals surface area (Å²) in [5, 5.41) is -0.187. The van der Waals surface area contributed by atoms with Crippen molar-refractivity contribution in [2.75, 3.05) is 7.11 Å². The van der Waals surface area contributed by atoms with Crippen LogP contribution in [0.15, 0.2) is 18.2 Å². The van der Waals surface area contributed by atoms with Gasteiger partial charge in [0.05, 0.1) is 12.5 Å². The number of methoxy groups -OCH3 is 1. The molecule has 2 unspecified atom stereocenters. The Balaban J connectivity index is 2.33. The topological polar surface area (TPSA) is 9.23 Å². The summed E-state index contributed by atoms with van der Waals surface area (Å²) < 4.78 is 18.7. The Hall–Kier alpha value is -0.760. The maximum atomic E-state index is 13.4. The van der Waals surface area contributed by atoms with E-state index in [9.17, 15) is 4.39 Å². The van der Waals surface area contributed by atoms with Crippen molar-refractivity contribution >= 4 is 11.6 Å². The molecule has 0 aliphatic heterocycles. The first-order chi connectivity index (χ1) is 8.45. The minimum absolute atomic E-state index is 0.187. The first kappa shape index (κ1) is 13.7. The van der Waals surface area contributed by atoms with E-state index in [0.717, 1.165) is 12.0 Å². The van der Waals surface area contributed by atoms with Gasteiger partial charge in [-0.15, -0.1) is 11.6 Å². The molecule has 0 N–H and O–H groups in total. The molecule has 0 bridgehead atoms. The van der Waals surface area contributed by atoms with Crippen LogP contribution >= 0.6 is 11.6 Å². The number of benzene rings is 1. The van der Waals surface area contributed by atoms with Crippen molar-refractivity contribution in [1.29, 1.82) is 0 Å². The fourth-order valence-electron chi connectivity index (χ4n) is 3.03. The maximum absolute atomic E-state index is 13.4. The van der Waals surface area contributed by atoms with Crippen LogP contribution in [-0.2, 0) is 0 Å². The van der Waals surface area contributed by atoms with Crippen LogP contribution in [0.1, 0.15) is 44.1 Å². The molecule has 0 saturated heterocycles. The first-order valence-electron chi connectivity index (χ1n) is 6.43. The molecule has 3 heteroatoms. The van der Waals surface area contributed by atoms with Gasteiger partial charge >= 0.3 is 0 Å². The molecule has 0 radical (unpaired) electrons. The van der Waals surface area contributed by atoms with E-state index >= 15 is 0 Å². The van der Waals surface area contributed by atoms with Crippen molar-refractivity contribution in [2.24, 2.45) is 11.3 Å². The third-order valence-electron chi connectivity index (χ3n) is 4.18. The number of halogens is 2. The fourth-order valence-corrected chi connectivity index (χ4v) is 3.67. The average Bonchev–Trinajstić information content (AvgIpc) is 2.68. The molecular formula is C15H20ClFO. The molecule has 1 fully saturated rings. The Morgan fingerprint density at radius 2 is 2.17 bits per heavy atom. The molecule has 2 atom stereocenters. The highest BCUT2D eigenvalue weighted by Crippen LogP contribution is 2.52. The van der Waals surface area contributed by atoms with Gasteiger partial charge in [-0.2, -0.15) is 0 Å². The molecule has 1 aromatic carbocycles. The molecule has 0 spiro atoms. The van der Waals surface area contributed by atoms with E-state index in [1.54, 1.807) is 13.2 Å². The number of hydrogen-bond acceptors (Lipinski definition) is 1. The highest BCUT2D eigenvalue weighted by Gasteiger charge is 2.40. The average molecular weight is 271 g/mol. The van der Waals surface area contributed by atoms with Crippen LogP contribution in [0.25, 0.3) is 0 Å².